The molecule has 6 aromatic carbocycles. The summed E-state index contributed by atoms with van der Waals surface area (Å²) < 4.78 is 10.8. The number of benzene rings is 6. The second kappa shape index (κ2) is 8.60. The molecule has 0 atom stereocenters. The molecule has 0 unspecified atom stereocenters. The van der Waals surface area contributed by atoms with Crippen LogP contribution in [0.3, 0.4) is 0 Å². The number of nitriles is 2. The van der Waals surface area contributed by atoms with Gasteiger partial charge in [-0.25, -0.2) is 0 Å². The summed E-state index contributed by atoms with van der Waals surface area (Å²) in [7, 11) is 0. The lowest BCUT2D eigenvalue weighted by atomic mass is 10.1. The summed E-state index contributed by atoms with van der Waals surface area (Å²) in [5, 5.41) is 26.1. The molecule has 3 heterocycles. The van der Waals surface area contributed by atoms with Crippen molar-refractivity contribution < 1.29 is 4.42 Å². The molecule has 0 amide bonds. The number of nitrogens with zero attached hydrogens (tertiary/aromatic N) is 4. The quantitative estimate of drug-likeness (QED) is 0.216. The van der Waals surface area contributed by atoms with Crippen LogP contribution in [-0.4, -0.2) is 9.13 Å². The molecule has 0 radical (unpaired) electrons. The summed E-state index contributed by atoms with van der Waals surface area (Å²) in [4.78, 5) is 0. The maximum absolute atomic E-state index is 10.2. The zero-order valence-electron chi connectivity index (χ0n) is 22.7. The van der Waals surface area contributed by atoms with Crippen molar-refractivity contribution in [3.05, 3.63) is 132 Å². The van der Waals surface area contributed by atoms with Gasteiger partial charge in [-0.3, -0.25) is 0 Å². The van der Waals surface area contributed by atoms with Crippen LogP contribution in [-0.2, 0) is 0 Å². The fourth-order valence-electron chi connectivity index (χ4n) is 6.72. The topological polar surface area (TPSA) is 70.6 Å². The minimum absolute atomic E-state index is 0.494. The first-order chi connectivity index (χ1) is 21.2. The van der Waals surface area contributed by atoms with Crippen LogP contribution in [0.25, 0.3) is 76.9 Å². The second-order valence-corrected chi connectivity index (χ2v) is 10.8. The van der Waals surface area contributed by atoms with Crippen LogP contribution in [0, 0.1) is 22.7 Å². The smallest absolute Gasteiger partial charge is 0.153 e. The molecule has 5 heteroatoms. The molecule has 9 rings (SSSR count). The molecular formula is C38H20N4O. The predicted octanol–water partition coefficient (Wildman–Crippen LogP) is 9.52. The molecule has 5 nitrogen and oxygen atoms in total. The van der Waals surface area contributed by atoms with Gasteiger partial charge in [-0.1, -0.05) is 54.6 Å². The molecule has 0 saturated heterocycles. The van der Waals surface area contributed by atoms with E-state index in [9.17, 15) is 10.5 Å². The van der Waals surface area contributed by atoms with E-state index < -0.39 is 0 Å². The number of hydrogen-bond donors (Lipinski definition) is 0. The van der Waals surface area contributed by atoms with E-state index in [1.165, 1.54) is 10.8 Å². The van der Waals surface area contributed by atoms with Gasteiger partial charge in [0, 0.05) is 43.7 Å². The fraction of sp³-hybridized carbons (Fsp3) is 0. The molecule has 0 aliphatic carbocycles. The van der Waals surface area contributed by atoms with Crippen molar-refractivity contribution in [3.63, 3.8) is 0 Å². The molecular weight excluding hydrogens is 528 g/mol. The normalized spacial score (nSPS) is 11.7. The van der Waals surface area contributed by atoms with Crippen molar-refractivity contribution in [3.8, 4) is 23.5 Å². The van der Waals surface area contributed by atoms with Crippen LogP contribution >= 0.6 is 0 Å². The van der Waals surface area contributed by atoms with E-state index in [-0.39, 0.29) is 0 Å². The zero-order chi connectivity index (χ0) is 28.7. The van der Waals surface area contributed by atoms with Crippen molar-refractivity contribution >= 4 is 65.6 Å². The number of fused-ring (bicyclic) bond motifs is 9. The Bertz CT molecular complexity index is 2650. The minimum Gasteiger partial charge on any atom is -0.455 e. The van der Waals surface area contributed by atoms with E-state index in [0.717, 1.165) is 60.6 Å². The van der Waals surface area contributed by atoms with Gasteiger partial charge in [0.25, 0.3) is 0 Å². The number of para-hydroxylation sites is 3. The highest BCUT2D eigenvalue weighted by atomic mass is 16.3. The van der Waals surface area contributed by atoms with Crippen molar-refractivity contribution in [1.29, 1.82) is 10.5 Å². The van der Waals surface area contributed by atoms with Crippen LogP contribution in [0.15, 0.2) is 126 Å². The Balaban J connectivity index is 1.35. The van der Waals surface area contributed by atoms with Crippen LogP contribution in [0.2, 0.25) is 0 Å². The molecule has 43 heavy (non-hydrogen) atoms. The highest BCUT2D eigenvalue weighted by molar-refractivity contribution is 6.13. The molecule has 0 fully saturated rings. The highest BCUT2D eigenvalue weighted by Gasteiger charge is 2.19. The first kappa shape index (κ1) is 23.4. The average molecular weight is 549 g/mol. The van der Waals surface area contributed by atoms with E-state index in [1.807, 2.05) is 54.6 Å². The van der Waals surface area contributed by atoms with E-state index >= 15 is 0 Å². The number of aromatic nitrogens is 2. The molecule has 0 aliphatic rings. The van der Waals surface area contributed by atoms with Crippen LogP contribution in [0.5, 0.6) is 0 Å². The number of hydrogen-bond acceptors (Lipinski definition) is 3. The molecule has 0 spiro atoms. The van der Waals surface area contributed by atoms with Crippen LogP contribution < -0.4 is 0 Å². The summed E-state index contributed by atoms with van der Waals surface area (Å²) in [6, 6.07) is 45.7. The lowest BCUT2D eigenvalue weighted by molar-refractivity contribution is 0.667. The lowest BCUT2D eigenvalue weighted by Gasteiger charge is -2.09. The first-order valence-corrected chi connectivity index (χ1v) is 14.1. The minimum atomic E-state index is 0.494. The van der Waals surface area contributed by atoms with Gasteiger partial charge in [-0.15, -0.1) is 0 Å². The molecule has 0 aliphatic heterocycles. The van der Waals surface area contributed by atoms with Crippen molar-refractivity contribution in [2.24, 2.45) is 0 Å². The Morgan fingerprint density at radius 2 is 1.05 bits per heavy atom. The molecule has 3 aromatic heterocycles. The van der Waals surface area contributed by atoms with Crippen molar-refractivity contribution in [2.75, 3.05) is 0 Å². The maximum atomic E-state index is 10.2. The summed E-state index contributed by atoms with van der Waals surface area (Å²) in [5.41, 5.74) is 8.58. The van der Waals surface area contributed by atoms with Crippen molar-refractivity contribution in [1.82, 2.24) is 9.13 Å². The van der Waals surface area contributed by atoms with E-state index in [1.54, 1.807) is 0 Å². The summed E-state index contributed by atoms with van der Waals surface area (Å²) in [6.45, 7) is 0. The van der Waals surface area contributed by atoms with Gasteiger partial charge in [-0.05, 0) is 66.7 Å². The van der Waals surface area contributed by atoms with Gasteiger partial charge >= 0.3 is 0 Å². The summed E-state index contributed by atoms with van der Waals surface area (Å²) in [6.07, 6.45) is 0. The molecule has 0 bridgehead atoms. The Hall–Kier alpha value is -6.30. The maximum Gasteiger partial charge on any atom is 0.153 e. The standard InChI is InChI=1S/C38H20N4O/c39-21-23-13-15-36-30(17-23)29-9-3-6-12-35(29)41(36)25-14-16-37-31(19-25)32-20-26(18-24(22-40)38(32)43-37)42-33-10-4-1-7-27(33)28-8-2-5-11-34(28)42/h1-20H. The Morgan fingerprint density at radius 1 is 0.465 bits per heavy atom. The Labute approximate surface area is 245 Å². The largest absolute Gasteiger partial charge is 0.455 e. The van der Waals surface area contributed by atoms with Crippen LogP contribution in [0.4, 0.5) is 0 Å². The fourth-order valence-corrected chi connectivity index (χ4v) is 6.72. The number of furan rings is 1. The van der Waals surface area contributed by atoms with E-state index in [0.29, 0.717) is 16.7 Å². The molecule has 0 N–H and O–H groups in total. The number of rotatable bonds is 2. The summed E-state index contributed by atoms with van der Waals surface area (Å²) in [5.74, 6) is 0. The van der Waals surface area contributed by atoms with Gasteiger partial charge < -0.3 is 13.6 Å². The third-order valence-electron chi connectivity index (χ3n) is 8.56. The monoisotopic (exact) mass is 548 g/mol. The Morgan fingerprint density at radius 3 is 1.70 bits per heavy atom. The molecule has 9 aromatic rings. The molecule has 0 saturated carbocycles. The third kappa shape index (κ3) is 3.19. The van der Waals surface area contributed by atoms with Gasteiger partial charge in [0.1, 0.15) is 11.7 Å². The lowest BCUT2D eigenvalue weighted by Crippen LogP contribution is -1.95. The summed E-state index contributed by atoms with van der Waals surface area (Å²) >= 11 is 0. The van der Waals surface area contributed by atoms with E-state index in [2.05, 4.69) is 88.0 Å². The van der Waals surface area contributed by atoms with E-state index in [4.69, 9.17) is 4.42 Å². The van der Waals surface area contributed by atoms with Gasteiger partial charge in [0.05, 0.1) is 39.3 Å². The average Bonchev–Trinajstić information content (AvgIpc) is 3.71. The van der Waals surface area contributed by atoms with Crippen molar-refractivity contribution in [2.45, 2.75) is 0 Å². The first-order valence-electron chi connectivity index (χ1n) is 14.1. The van der Waals surface area contributed by atoms with Gasteiger partial charge in [0.15, 0.2) is 5.58 Å². The van der Waals surface area contributed by atoms with Crippen LogP contribution in [0.1, 0.15) is 11.1 Å². The SMILES string of the molecule is N#Cc1ccc2c(c1)c1ccccc1n2-c1ccc2oc3c(C#N)cc(-n4c5ccccc5c5ccccc54)cc3c2c1. The zero-order valence-corrected chi connectivity index (χ0v) is 22.7. The van der Waals surface area contributed by atoms with Gasteiger partial charge in [-0.2, -0.15) is 10.5 Å². The highest BCUT2D eigenvalue weighted by Crippen LogP contribution is 2.39. The molecule has 198 valence electrons. The van der Waals surface area contributed by atoms with Gasteiger partial charge in [0.2, 0.25) is 0 Å². The third-order valence-corrected chi connectivity index (χ3v) is 8.56. The second-order valence-electron chi connectivity index (χ2n) is 10.8. The Kier molecular flexibility index (Phi) is 4.68. The predicted molar refractivity (Wildman–Crippen MR) is 172 cm³/mol.